The highest BCUT2D eigenvalue weighted by Crippen LogP contribution is 2.28. The molecule has 1 aromatic heterocycles. The van der Waals surface area contributed by atoms with Crippen LogP contribution in [-0.2, 0) is 17.0 Å². The zero-order chi connectivity index (χ0) is 24.2. The zero-order valence-corrected chi connectivity index (χ0v) is 20.8. The van der Waals surface area contributed by atoms with E-state index in [1.807, 2.05) is 12.1 Å². The Labute approximate surface area is 211 Å². The number of hydrogen-bond acceptors (Lipinski definition) is 5. The Bertz CT molecular complexity index is 1240. The summed E-state index contributed by atoms with van der Waals surface area (Å²) in [6, 6.07) is 11.7. The van der Waals surface area contributed by atoms with Crippen molar-refractivity contribution in [3.8, 4) is 0 Å². The highest BCUT2D eigenvalue weighted by molar-refractivity contribution is 7.98. The van der Waals surface area contributed by atoms with Gasteiger partial charge in [0.2, 0.25) is 5.91 Å². The van der Waals surface area contributed by atoms with Crippen molar-refractivity contribution in [3.05, 3.63) is 85.5 Å². The van der Waals surface area contributed by atoms with Gasteiger partial charge in [-0.05, 0) is 42.8 Å². The lowest BCUT2D eigenvalue weighted by Crippen LogP contribution is -2.49. The van der Waals surface area contributed by atoms with Crippen LogP contribution in [0.25, 0.3) is 0 Å². The van der Waals surface area contributed by atoms with Gasteiger partial charge >= 0.3 is 0 Å². The van der Waals surface area contributed by atoms with E-state index >= 15 is 0 Å². The number of piperazine rings is 1. The largest absolute Gasteiger partial charge is 0.368 e. The quantitative estimate of drug-likeness (QED) is 0.376. The van der Waals surface area contributed by atoms with Crippen molar-refractivity contribution in [2.24, 2.45) is 0 Å². The fraction of sp³-hybridized carbons (Fsp3) is 0.292. The summed E-state index contributed by atoms with van der Waals surface area (Å²) in [7, 11) is 0. The summed E-state index contributed by atoms with van der Waals surface area (Å²) in [4.78, 5) is 36.7. The minimum absolute atomic E-state index is 0.00382. The van der Waals surface area contributed by atoms with Gasteiger partial charge in [-0.15, -0.1) is 0 Å². The van der Waals surface area contributed by atoms with Crippen LogP contribution in [0.4, 0.5) is 10.1 Å². The van der Waals surface area contributed by atoms with Crippen molar-refractivity contribution in [3.63, 3.8) is 0 Å². The van der Waals surface area contributed by atoms with Gasteiger partial charge in [-0.25, -0.2) is 9.37 Å². The third-order valence-electron chi connectivity index (χ3n) is 5.72. The van der Waals surface area contributed by atoms with Crippen LogP contribution >= 0.6 is 35.0 Å². The summed E-state index contributed by atoms with van der Waals surface area (Å²) in [6.45, 7) is 4.17. The lowest BCUT2D eigenvalue weighted by molar-refractivity contribution is -0.130. The number of thioether (sulfide) groups is 1. The molecule has 0 atom stereocenters. The molecule has 4 rings (SSSR count). The van der Waals surface area contributed by atoms with E-state index in [-0.39, 0.29) is 23.7 Å². The van der Waals surface area contributed by atoms with E-state index in [1.54, 1.807) is 30.0 Å². The maximum absolute atomic E-state index is 13.1. The monoisotopic (exact) mass is 520 g/mol. The third-order valence-corrected chi connectivity index (χ3v) is 7.40. The van der Waals surface area contributed by atoms with Gasteiger partial charge in [0, 0.05) is 48.9 Å². The van der Waals surface area contributed by atoms with Crippen LogP contribution in [0.5, 0.6) is 0 Å². The topological polar surface area (TPSA) is 69.3 Å². The van der Waals surface area contributed by atoms with Gasteiger partial charge in [0.25, 0.3) is 5.56 Å². The molecule has 34 heavy (non-hydrogen) atoms. The summed E-state index contributed by atoms with van der Waals surface area (Å²) in [6.07, 6.45) is 0.00382. The summed E-state index contributed by atoms with van der Waals surface area (Å²) in [5.74, 6) is 0.154. The predicted octanol–water partition coefficient (Wildman–Crippen LogP) is 4.71. The number of amides is 1. The van der Waals surface area contributed by atoms with Gasteiger partial charge < -0.3 is 14.8 Å². The first kappa shape index (κ1) is 24.6. The Morgan fingerprint density at radius 3 is 2.44 bits per heavy atom. The molecule has 1 N–H and O–H groups in total. The molecule has 10 heteroatoms. The number of H-pyrrole nitrogens is 1. The number of aromatic amines is 1. The molecule has 3 aromatic rings. The highest BCUT2D eigenvalue weighted by atomic mass is 35.5. The molecule has 0 unspecified atom stereocenters. The van der Waals surface area contributed by atoms with E-state index in [2.05, 4.69) is 14.9 Å². The number of aromatic nitrogens is 2. The van der Waals surface area contributed by atoms with E-state index < -0.39 is 0 Å². The number of nitrogens with one attached hydrogen (secondary N) is 1. The van der Waals surface area contributed by atoms with Crippen molar-refractivity contribution >= 4 is 46.6 Å². The normalized spacial score (nSPS) is 13.9. The minimum Gasteiger partial charge on any atom is -0.368 e. The maximum Gasteiger partial charge on any atom is 0.255 e. The van der Waals surface area contributed by atoms with Crippen molar-refractivity contribution < 1.29 is 9.18 Å². The zero-order valence-electron chi connectivity index (χ0n) is 18.5. The second-order valence-electron chi connectivity index (χ2n) is 7.99. The fourth-order valence-corrected chi connectivity index (χ4v) is 4.91. The van der Waals surface area contributed by atoms with Gasteiger partial charge in [-0.2, -0.15) is 0 Å². The molecule has 0 radical (unpaired) electrons. The minimum atomic E-state index is -0.308. The molecule has 1 aliphatic rings. The first-order chi connectivity index (χ1) is 16.3. The summed E-state index contributed by atoms with van der Waals surface area (Å²) in [5.41, 5.74) is 2.49. The molecule has 1 amide bonds. The molecule has 2 aromatic carbocycles. The smallest absolute Gasteiger partial charge is 0.255 e. The van der Waals surface area contributed by atoms with E-state index in [0.717, 1.165) is 11.3 Å². The molecule has 0 bridgehead atoms. The molecular formula is C24H23Cl2FN4O2S. The number of anilines is 1. The number of rotatable bonds is 6. The average molecular weight is 521 g/mol. The van der Waals surface area contributed by atoms with Crippen LogP contribution in [-0.4, -0.2) is 47.0 Å². The van der Waals surface area contributed by atoms with Crippen LogP contribution in [0, 0.1) is 12.7 Å². The number of benzene rings is 2. The summed E-state index contributed by atoms with van der Waals surface area (Å²) >= 11 is 13.5. The second-order valence-corrected chi connectivity index (χ2v) is 9.77. The Morgan fingerprint density at radius 1 is 1.09 bits per heavy atom. The molecule has 0 spiro atoms. The molecule has 0 saturated carbocycles. The Morgan fingerprint density at radius 2 is 1.79 bits per heavy atom. The summed E-state index contributed by atoms with van der Waals surface area (Å²) in [5, 5.41) is 1.48. The third kappa shape index (κ3) is 5.92. The van der Waals surface area contributed by atoms with Gasteiger partial charge in [0.15, 0.2) is 5.16 Å². The number of aryl methyl sites for hydroxylation is 1. The Hall–Kier alpha value is -2.55. The Kier molecular flexibility index (Phi) is 7.80. The molecule has 2 heterocycles. The molecule has 0 aliphatic carbocycles. The van der Waals surface area contributed by atoms with E-state index in [9.17, 15) is 14.0 Å². The SMILES string of the molecule is Cc1nc(SCc2ccc(F)cc2)[nH]c(=O)c1CC(=O)N1CCN(c2ccc(Cl)c(Cl)c2)CC1. The molecule has 1 aliphatic heterocycles. The van der Waals surface area contributed by atoms with Crippen LogP contribution in [0.3, 0.4) is 0 Å². The molecular weight excluding hydrogens is 498 g/mol. The van der Waals surface area contributed by atoms with Crippen molar-refractivity contribution in [1.82, 2.24) is 14.9 Å². The van der Waals surface area contributed by atoms with E-state index in [4.69, 9.17) is 23.2 Å². The lowest BCUT2D eigenvalue weighted by atomic mass is 10.1. The number of hydrogen-bond donors (Lipinski definition) is 1. The fourth-order valence-electron chi connectivity index (χ4n) is 3.75. The summed E-state index contributed by atoms with van der Waals surface area (Å²) < 4.78 is 13.1. The average Bonchev–Trinajstić information content (AvgIpc) is 2.83. The van der Waals surface area contributed by atoms with Crippen molar-refractivity contribution in [1.29, 1.82) is 0 Å². The van der Waals surface area contributed by atoms with Gasteiger partial charge in [0.1, 0.15) is 5.82 Å². The molecule has 1 fully saturated rings. The second kappa shape index (κ2) is 10.8. The van der Waals surface area contributed by atoms with Crippen LogP contribution < -0.4 is 10.5 Å². The van der Waals surface area contributed by atoms with Gasteiger partial charge in [-0.3, -0.25) is 9.59 Å². The van der Waals surface area contributed by atoms with Gasteiger partial charge in [-0.1, -0.05) is 47.1 Å². The lowest BCUT2D eigenvalue weighted by Gasteiger charge is -2.36. The maximum atomic E-state index is 13.1. The Balaban J connectivity index is 1.35. The van der Waals surface area contributed by atoms with Crippen molar-refractivity contribution in [2.75, 3.05) is 31.1 Å². The first-order valence-electron chi connectivity index (χ1n) is 10.7. The molecule has 6 nitrogen and oxygen atoms in total. The van der Waals surface area contributed by atoms with E-state index in [1.165, 1.54) is 23.9 Å². The van der Waals surface area contributed by atoms with Crippen LogP contribution in [0.2, 0.25) is 10.0 Å². The number of carbonyl (C=O) groups is 1. The highest BCUT2D eigenvalue weighted by Gasteiger charge is 2.23. The van der Waals surface area contributed by atoms with Crippen LogP contribution in [0.1, 0.15) is 16.8 Å². The van der Waals surface area contributed by atoms with Gasteiger partial charge in [0.05, 0.1) is 16.5 Å². The number of halogens is 3. The van der Waals surface area contributed by atoms with Crippen molar-refractivity contribution in [2.45, 2.75) is 24.3 Å². The standard InChI is InChI=1S/C24H23Cl2FN4O2S/c1-15-19(23(33)29-24(28-15)34-14-16-2-4-17(27)5-3-16)13-22(32)31-10-8-30(9-11-31)18-6-7-20(25)21(26)12-18/h2-7,12H,8-11,13-14H2,1H3,(H,28,29,33). The predicted molar refractivity (Wildman–Crippen MR) is 135 cm³/mol. The van der Waals surface area contributed by atoms with E-state index in [0.29, 0.717) is 58.4 Å². The van der Waals surface area contributed by atoms with Crippen LogP contribution in [0.15, 0.2) is 52.4 Å². The number of nitrogens with zero attached hydrogens (tertiary/aromatic N) is 3. The molecule has 178 valence electrons. The molecule has 1 saturated heterocycles. The number of carbonyl (C=O) groups excluding carboxylic acids is 1. The first-order valence-corrected chi connectivity index (χ1v) is 12.5.